The summed E-state index contributed by atoms with van der Waals surface area (Å²) in [6.45, 7) is 7.09. The third-order valence-electron chi connectivity index (χ3n) is 3.48. The van der Waals surface area contributed by atoms with E-state index in [0.717, 1.165) is 25.1 Å². The lowest BCUT2D eigenvalue weighted by molar-refractivity contribution is 0.0599. The van der Waals surface area contributed by atoms with Gasteiger partial charge in [-0.2, -0.15) is 0 Å². The Labute approximate surface area is 122 Å². The Kier molecular flexibility index (Phi) is 7.26. The van der Waals surface area contributed by atoms with Crippen molar-refractivity contribution in [3.8, 4) is 0 Å². The van der Waals surface area contributed by atoms with Crippen molar-refractivity contribution < 1.29 is 9.53 Å². The zero-order valence-corrected chi connectivity index (χ0v) is 13.0. The summed E-state index contributed by atoms with van der Waals surface area (Å²) >= 11 is 0. The molecule has 0 aliphatic heterocycles. The van der Waals surface area contributed by atoms with E-state index < -0.39 is 0 Å². The number of rotatable bonds is 8. The highest BCUT2D eigenvalue weighted by Crippen LogP contribution is 2.09. The van der Waals surface area contributed by atoms with E-state index in [4.69, 9.17) is 4.74 Å². The second-order valence-corrected chi connectivity index (χ2v) is 5.25. The van der Waals surface area contributed by atoms with Gasteiger partial charge in [-0.15, -0.1) is 0 Å². The molecule has 0 saturated carbocycles. The number of carbonyl (C=O) groups excluding carboxylic acids is 1. The third-order valence-corrected chi connectivity index (χ3v) is 3.48. The summed E-state index contributed by atoms with van der Waals surface area (Å²) in [5.41, 5.74) is 1.62. The maximum atomic E-state index is 11.6. The van der Waals surface area contributed by atoms with Crippen LogP contribution >= 0.6 is 0 Å². The molecule has 0 amide bonds. The van der Waals surface area contributed by atoms with Crippen LogP contribution in [0, 0.1) is 0 Å². The summed E-state index contributed by atoms with van der Waals surface area (Å²) in [7, 11) is 3.55. The van der Waals surface area contributed by atoms with Crippen molar-refractivity contribution in [2.45, 2.75) is 32.9 Å². The number of carbonyl (C=O) groups is 1. The van der Waals surface area contributed by atoms with Crippen molar-refractivity contribution in [3.05, 3.63) is 35.4 Å². The number of esters is 1. The Morgan fingerprint density at radius 3 is 2.70 bits per heavy atom. The maximum absolute atomic E-state index is 11.6. The predicted octanol–water partition coefficient (Wildman–Crippen LogP) is 2.29. The molecule has 0 aromatic heterocycles. The van der Waals surface area contributed by atoms with E-state index in [0.29, 0.717) is 18.2 Å². The van der Waals surface area contributed by atoms with Crippen molar-refractivity contribution in [1.29, 1.82) is 0 Å². The second kappa shape index (κ2) is 8.72. The lowest BCUT2D eigenvalue weighted by Gasteiger charge is -2.20. The van der Waals surface area contributed by atoms with Gasteiger partial charge in [0, 0.05) is 12.6 Å². The van der Waals surface area contributed by atoms with E-state index in [9.17, 15) is 4.79 Å². The van der Waals surface area contributed by atoms with E-state index in [1.807, 2.05) is 18.2 Å². The van der Waals surface area contributed by atoms with Crippen molar-refractivity contribution in [2.75, 3.05) is 27.2 Å². The predicted molar refractivity (Wildman–Crippen MR) is 81.9 cm³/mol. The minimum atomic E-state index is -0.276. The van der Waals surface area contributed by atoms with Gasteiger partial charge in [0.25, 0.3) is 0 Å². The van der Waals surface area contributed by atoms with Crippen LogP contribution < -0.4 is 5.32 Å². The highest BCUT2D eigenvalue weighted by molar-refractivity contribution is 5.90. The van der Waals surface area contributed by atoms with Crippen LogP contribution in [0.3, 0.4) is 0 Å². The molecule has 112 valence electrons. The number of nitrogens with one attached hydrogen (secondary N) is 1. The molecule has 4 heteroatoms. The van der Waals surface area contributed by atoms with Crippen molar-refractivity contribution in [2.24, 2.45) is 0 Å². The number of benzene rings is 1. The molecule has 0 spiro atoms. The largest absolute Gasteiger partial charge is 0.465 e. The normalized spacial score (nSPS) is 11.1. The molecule has 0 heterocycles. The van der Waals surface area contributed by atoms with Gasteiger partial charge in [0.1, 0.15) is 0 Å². The number of hydrogen-bond acceptors (Lipinski definition) is 4. The van der Waals surface area contributed by atoms with E-state index in [1.165, 1.54) is 7.11 Å². The van der Waals surface area contributed by atoms with Crippen LogP contribution in [-0.4, -0.2) is 44.2 Å². The molecular formula is C16H26N2O2. The van der Waals surface area contributed by atoms with Crippen molar-refractivity contribution in [3.63, 3.8) is 0 Å². The highest BCUT2D eigenvalue weighted by Gasteiger charge is 2.10. The SMILES string of the molecule is COC(=O)c1ccccc1CNCCCN(C)C(C)C. The van der Waals surface area contributed by atoms with E-state index >= 15 is 0 Å². The molecule has 1 aromatic carbocycles. The number of nitrogens with zero attached hydrogens (tertiary/aromatic N) is 1. The molecule has 1 N–H and O–H groups in total. The first-order valence-corrected chi connectivity index (χ1v) is 7.13. The summed E-state index contributed by atoms with van der Waals surface area (Å²) in [6.07, 6.45) is 1.09. The first-order valence-electron chi connectivity index (χ1n) is 7.13. The first-order chi connectivity index (χ1) is 9.56. The van der Waals surface area contributed by atoms with Gasteiger partial charge >= 0.3 is 5.97 Å². The number of methoxy groups -OCH3 is 1. The molecule has 0 unspecified atom stereocenters. The lowest BCUT2D eigenvalue weighted by Crippen LogP contribution is -2.29. The topological polar surface area (TPSA) is 41.6 Å². The van der Waals surface area contributed by atoms with Crippen LogP contribution in [0.25, 0.3) is 0 Å². The van der Waals surface area contributed by atoms with Gasteiger partial charge in [0.15, 0.2) is 0 Å². The second-order valence-electron chi connectivity index (χ2n) is 5.25. The van der Waals surface area contributed by atoms with E-state index in [1.54, 1.807) is 6.07 Å². The van der Waals surface area contributed by atoms with E-state index in [-0.39, 0.29) is 5.97 Å². The van der Waals surface area contributed by atoms with Crippen LogP contribution in [0.4, 0.5) is 0 Å². The molecule has 0 aliphatic rings. The molecule has 0 bridgehead atoms. The standard InChI is InChI=1S/C16H26N2O2/c1-13(2)18(3)11-7-10-17-12-14-8-5-6-9-15(14)16(19)20-4/h5-6,8-9,13,17H,7,10-12H2,1-4H3. The Balaban J connectivity index is 2.37. The van der Waals surface area contributed by atoms with Crippen LogP contribution in [-0.2, 0) is 11.3 Å². The maximum Gasteiger partial charge on any atom is 0.338 e. The monoisotopic (exact) mass is 278 g/mol. The van der Waals surface area contributed by atoms with Crippen molar-refractivity contribution >= 4 is 5.97 Å². The summed E-state index contributed by atoms with van der Waals surface area (Å²) in [4.78, 5) is 14.0. The lowest BCUT2D eigenvalue weighted by atomic mass is 10.1. The molecule has 0 saturated heterocycles. The molecule has 20 heavy (non-hydrogen) atoms. The third kappa shape index (κ3) is 5.31. The summed E-state index contributed by atoms with van der Waals surface area (Å²) in [5.74, 6) is -0.276. The minimum absolute atomic E-state index is 0.276. The fourth-order valence-corrected chi connectivity index (χ4v) is 1.92. The Hall–Kier alpha value is -1.39. The zero-order valence-electron chi connectivity index (χ0n) is 13.0. The molecular weight excluding hydrogens is 252 g/mol. The average molecular weight is 278 g/mol. The van der Waals surface area contributed by atoms with Gasteiger partial charge in [-0.05, 0) is 52.0 Å². The van der Waals surface area contributed by atoms with Gasteiger partial charge in [-0.1, -0.05) is 18.2 Å². The quantitative estimate of drug-likeness (QED) is 0.585. The summed E-state index contributed by atoms with van der Waals surface area (Å²) < 4.78 is 4.79. The molecule has 4 nitrogen and oxygen atoms in total. The van der Waals surface area contributed by atoms with Gasteiger partial charge in [-0.25, -0.2) is 4.79 Å². The van der Waals surface area contributed by atoms with Crippen molar-refractivity contribution in [1.82, 2.24) is 10.2 Å². The van der Waals surface area contributed by atoms with Gasteiger partial charge < -0.3 is 15.0 Å². The summed E-state index contributed by atoms with van der Waals surface area (Å²) in [6, 6.07) is 8.13. The Morgan fingerprint density at radius 2 is 2.05 bits per heavy atom. The highest BCUT2D eigenvalue weighted by atomic mass is 16.5. The first kappa shape index (κ1) is 16.7. The fourth-order valence-electron chi connectivity index (χ4n) is 1.92. The van der Waals surface area contributed by atoms with Gasteiger partial charge in [0.2, 0.25) is 0 Å². The zero-order chi connectivity index (χ0) is 15.0. The molecule has 0 radical (unpaired) electrons. The Bertz CT molecular complexity index is 419. The van der Waals surface area contributed by atoms with E-state index in [2.05, 4.69) is 31.1 Å². The van der Waals surface area contributed by atoms with Gasteiger partial charge in [0.05, 0.1) is 12.7 Å². The molecule has 1 aromatic rings. The number of ether oxygens (including phenoxy) is 1. The minimum Gasteiger partial charge on any atom is -0.465 e. The fraction of sp³-hybridized carbons (Fsp3) is 0.562. The molecule has 0 atom stereocenters. The number of hydrogen-bond donors (Lipinski definition) is 1. The van der Waals surface area contributed by atoms with Crippen LogP contribution in [0.1, 0.15) is 36.2 Å². The smallest absolute Gasteiger partial charge is 0.338 e. The Morgan fingerprint density at radius 1 is 1.35 bits per heavy atom. The molecule has 0 aliphatic carbocycles. The average Bonchev–Trinajstić information content (AvgIpc) is 2.46. The van der Waals surface area contributed by atoms with Crippen LogP contribution in [0.2, 0.25) is 0 Å². The molecule has 1 rings (SSSR count). The van der Waals surface area contributed by atoms with Crippen LogP contribution in [0.5, 0.6) is 0 Å². The van der Waals surface area contributed by atoms with Crippen LogP contribution in [0.15, 0.2) is 24.3 Å². The van der Waals surface area contributed by atoms with Gasteiger partial charge in [-0.3, -0.25) is 0 Å². The summed E-state index contributed by atoms with van der Waals surface area (Å²) in [5, 5.41) is 3.38. The molecule has 0 fully saturated rings.